The lowest BCUT2D eigenvalue weighted by Crippen LogP contribution is -2.16. The SMILES string of the molecule is CC(C)=c1c(F)c(F)c2c(F)c(F)c(F)c3c(F)ccc1c32. The molecular weight excluding hydrogens is 306 g/mol. The first-order valence-electron chi connectivity index (χ1n) is 6.29. The second-order valence-corrected chi connectivity index (χ2v) is 5.16. The largest absolute Gasteiger partial charge is 0.206 e. The zero-order valence-electron chi connectivity index (χ0n) is 11.4. The molecule has 0 spiro atoms. The second kappa shape index (κ2) is 4.63. The van der Waals surface area contributed by atoms with Crippen molar-refractivity contribution in [3.05, 3.63) is 52.3 Å². The summed E-state index contributed by atoms with van der Waals surface area (Å²) in [5.41, 5.74) is 0.330. The maximum atomic E-state index is 14.2. The first-order valence-corrected chi connectivity index (χ1v) is 6.29. The quantitative estimate of drug-likeness (QED) is 0.415. The van der Waals surface area contributed by atoms with Crippen LogP contribution < -0.4 is 5.22 Å². The van der Waals surface area contributed by atoms with Gasteiger partial charge in [-0.3, -0.25) is 0 Å². The zero-order chi connectivity index (χ0) is 16.3. The molecule has 0 bridgehead atoms. The Kier molecular flexibility index (Phi) is 3.09. The lowest BCUT2D eigenvalue weighted by molar-refractivity contribution is 0.450. The van der Waals surface area contributed by atoms with Crippen molar-refractivity contribution in [2.24, 2.45) is 0 Å². The van der Waals surface area contributed by atoms with Gasteiger partial charge >= 0.3 is 0 Å². The van der Waals surface area contributed by atoms with Gasteiger partial charge in [0.1, 0.15) is 5.82 Å². The number of benzene rings is 3. The van der Waals surface area contributed by atoms with E-state index in [9.17, 15) is 26.3 Å². The average molecular weight is 314 g/mol. The van der Waals surface area contributed by atoms with Crippen LogP contribution in [0.25, 0.3) is 27.1 Å². The van der Waals surface area contributed by atoms with Crippen molar-refractivity contribution in [2.45, 2.75) is 13.8 Å². The summed E-state index contributed by atoms with van der Waals surface area (Å²) in [6, 6.07) is 1.90. The van der Waals surface area contributed by atoms with Crippen molar-refractivity contribution >= 4 is 27.1 Å². The van der Waals surface area contributed by atoms with Crippen LogP contribution in [-0.2, 0) is 0 Å². The van der Waals surface area contributed by atoms with Crippen LogP contribution in [-0.4, -0.2) is 0 Å². The maximum Gasteiger partial charge on any atom is 0.195 e. The zero-order valence-corrected chi connectivity index (χ0v) is 11.4. The molecule has 3 aromatic carbocycles. The Morgan fingerprint density at radius 2 is 1.18 bits per heavy atom. The standard InChI is InChI=1S/C16H8F6/c1-5(2)8-6-3-4-7(17)10-9(6)11(14(20)12(8)18)15(21)16(22)13(10)19/h3-4H,1-2H3. The third-order valence-corrected chi connectivity index (χ3v) is 3.63. The van der Waals surface area contributed by atoms with E-state index in [0.717, 1.165) is 12.1 Å². The molecule has 0 nitrogen and oxygen atoms in total. The number of hydrogen-bond donors (Lipinski definition) is 0. The van der Waals surface area contributed by atoms with Crippen LogP contribution in [0.1, 0.15) is 13.8 Å². The summed E-state index contributed by atoms with van der Waals surface area (Å²) < 4.78 is 83.5. The fraction of sp³-hybridized carbons (Fsp3) is 0.125. The van der Waals surface area contributed by atoms with Gasteiger partial charge in [0.05, 0.1) is 10.8 Å². The Bertz CT molecular complexity index is 1000. The summed E-state index contributed by atoms with van der Waals surface area (Å²) >= 11 is 0. The first kappa shape index (κ1) is 14.7. The van der Waals surface area contributed by atoms with Crippen molar-refractivity contribution in [1.82, 2.24) is 0 Å². The van der Waals surface area contributed by atoms with E-state index in [-0.39, 0.29) is 10.6 Å². The smallest absolute Gasteiger partial charge is 0.195 e. The van der Waals surface area contributed by atoms with Gasteiger partial charge in [0, 0.05) is 10.6 Å². The summed E-state index contributed by atoms with van der Waals surface area (Å²) in [7, 11) is 0. The highest BCUT2D eigenvalue weighted by molar-refractivity contribution is 6.11. The topological polar surface area (TPSA) is 0 Å². The molecule has 0 atom stereocenters. The Hall–Kier alpha value is -2.24. The van der Waals surface area contributed by atoms with Crippen LogP contribution in [0.15, 0.2) is 12.1 Å². The molecule has 0 aliphatic carbocycles. The summed E-state index contributed by atoms with van der Waals surface area (Å²) in [5.74, 6) is -9.92. The molecule has 6 heteroatoms. The normalized spacial score (nSPS) is 11.6. The van der Waals surface area contributed by atoms with Crippen molar-refractivity contribution in [2.75, 3.05) is 0 Å². The molecule has 0 N–H and O–H groups in total. The molecule has 114 valence electrons. The van der Waals surface area contributed by atoms with Crippen LogP contribution in [0.2, 0.25) is 0 Å². The summed E-state index contributed by atoms with van der Waals surface area (Å²) in [5, 5.41) is -2.80. The fourth-order valence-electron chi connectivity index (χ4n) is 2.72. The second-order valence-electron chi connectivity index (χ2n) is 5.16. The number of rotatable bonds is 0. The molecule has 0 fully saturated rings. The number of hydrogen-bond acceptors (Lipinski definition) is 0. The molecular formula is C16H8F6. The molecule has 0 saturated carbocycles. The predicted octanol–water partition coefficient (Wildman–Crippen LogP) is 4.74. The molecule has 3 rings (SSSR count). The molecule has 22 heavy (non-hydrogen) atoms. The van der Waals surface area contributed by atoms with Gasteiger partial charge in [-0.15, -0.1) is 0 Å². The Morgan fingerprint density at radius 3 is 1.77 bits per heavy atom. The monoisotopic (exact) mass is 314 g/mol. The summed E-state index contributed by atoms with van der Waals surface area (Å²) in [4.78, 5) is 0. The molecule has 0 unspecified atom stereocenters. The molecule has 0 aromatic heterocycles. The van der Waals surface area contributed by atoms with E-state index in [0.29, 0.717) is 5.57 Å². The predicted molar refractivity (Wildman–Crippen MR) is 71.2 cm³/mol. The lowest BCUT2D eigenvalue weighted by Gasteiger charge is -2.13. The highest BCUT2D eigenvalue weighted by atomic mass is 19.2. The van der Waals surface area contributed by atoms with Crippen LogP contribution in [0.4, 0.5) is 26.3 Å². The first-order chi connectivity index (χ1) is 10.3. The van der Waals surface area contributed by atoms with E-state index in [4.69, 9.17) is 0 Å². The minimum Gasteiger partial charge on any atom is -0.206 e. The van der Waals surface area contributed by atoms with Gasteiger partial charge in [0.15, 0.2) is 29.1 Å². The Balaban J connectivity index is 2.89. The van der Waals surface area contributed by atoms with E-state index >= 15 is 0 Å². The molecule has 0 heterocycles. The van der Waals surface area contributed by atoms with Gasteiger partial charge < -0.3 is 0 Å². The average Bonchev–Trinajstić information content (AvgIpc) is 2.45. The molecule has 0 aliphatic heterocycles. The number of halogens is 6. The van der Waals surface area contributed by atoms with Crippen LogP contribution in [0.3, 0.4) is 0 Å². The van der Waals surface area contributed by atoms with E-state index < -0.39 is 51.1 Å². The molecule has 0 radical (unpaired) electrons. The third-order valence-electron chi connectivity index (χ3n) is 3.63. The Labute approximate surface area is 120 Å². The van der Waals surface area contributed by atoms with Crippen molar-refractivity contribution < 1.29 is 26.3 Å². The van der Waals surface area contributed by atoms with Crippen LogP contribution in [0, 0.1) is 34.9 Å². The van der Waals surface area contributed by atoms with E-state index in [2.05, 4.69) is 0 Å². The minimum absolute atomic E-state index is 0.0805. The molecule has 0 amide bonds. The third kappa shape index (κ3) is 1.66. The van der Waals surface area contributed by atoms with E-state index in [1.807, 2.05) is 0 Å². The minimum atomic E-state index is -2.04. The maximum absolute atomic E-state index is 14.2. The highest BCUT2D eigenvalue weighted by Crippen LogP contribution is 2.35. The lowest BCUT2D eigenvalue weighted by atomic mass is 9.95. The van der Waals surface area contributed by atoms with Crippen LogP contribution >= 0.6 is 0 Å². The van der Waals surface area contributed by atoms with Gasteiger partial charge in [-0.1, -0.05) is 11.6 Å². The summed E-state index contributed by atoms with van der Waals surface area (Å²) in [6.07, 6.45) is 0. The summed E-state index contributed by atoms with van der Waals surface area (Å²) in [6.45, 7) is 2.94. The van der Waals surface area contributed by atoms with Gasteiger partial charge in [-0.25, -0.2) is 26.3 Å². The molecule has 3 aromatic rings. The van der Waals surface area contributed by atoms with Crippen LogP contribution in [0.5, 0.6) is 0 Å². The fourth-order valence-corrected chi connectivity index (χ4v) is 2.72. The van der Waals surface area contributed by atoms with Gasteiger partial charge in [0.2, 0.25) is 0 Å². The van der Waals surface area contributed by atoms with E-state index in [1.165, 1.54) is 13.8 Å². The molecule has 0 aliphatic rings. The van der Waals surface area contributed by atoms with Gasteiger partial charge in [0.25, 0.3) is 0 Å². The molecule has 0 saturated heterocycles. The van der Waals surface area contributed by atoms with Gasteiger partial charge in [-0.05, 0) is 25.3 Å². The van der Waals surface area contributed by atoms with Gasteiger partial charge in [-0.2, -0.15) is 0 Å². The van der Waals surface area contributed by atoms with Crippen molar-refractivity contribution in [3.63, 3.8) is 0 Å². The highest BCUT2D eigenvalue weighted by Gasteiger charge is 2.27. The van der Waals surface area contributed by atoms with E-state index in [1.54, 1.807) is 0 Å². The Morgan fingerprint density at radius 1 is 0.636 bits per heavy atom. The van der Waals surface area contributed by atoms with Crippen molar-refractivity contribution in [1.29, 1.82) is 0 Å². The van der Waals surface area contributed by atoms with Crippen molar-refractivity contribution in [3.8, 4) is 0 Å².